The average molecular weight is 543 g/mol. The zero-order chi connectivity index (χ0) is 28.3. The molecule has 0 spiro atoms. The van der Waals surface area contributed by atoms with Gasteiger partial charge in [0.1, 0.15) is 5.69 Å². The molecule has 0 bridgehead atoms. The number of para-hydroxylation sites is 2. The van der Waals surface area contributed by atoms with E-state index >= 15 is 0 Å². The number of aromatic amines is 1. The zero-order valence-corrected chi connectivity index (χ0v) is 22.7. The summed E-state index contributed by atoms with van der Waals surface area (Å²) in [4.78, 5) is 27.3. The molecular weight excluding hydrogens is 516 g/mol. The molecule has 1 N–H and O–H groups in total. The number of aromatic nitrogens is 3. The smallest absolute Gasteiger partial charge is 0.259 e. The molecule has 0 aliphatic carbocycles. The lowest BCUT2D eigenvalue weighted by Gasteiger charge is -2.25. The minimum absolute atomic E-state index is 0.177. The normalized spacial score (nSPS) is 11.3. The van der Waals surface area contributed by atoms with Crippen molar-refractivity contribution in [2.75, 3.05) is 4.90 Å². The van der Waals surface area contributed by atoms with E-state index in [9.17, 15) is 4.79 Å². The van der Waals surface area contributed by atoms with Gasteiger partial charge in [-0.1, -0.05) is 84.9 Å². The molecule has 0 unspecified atom stereocenters. The maximum absolute atomic E-state index is 12.9. The van der Waals surface area contributed by atoms with Crippen molar-refractivity contribution in [2.45, 2.75) is 0 Å². The summed E-state index contributed by atoms with van der Waals surface area (Å²) in [7, 11) is 0. The van der Waals surface area contributed by atoms with Crippen LogP contribution in [0.15, 0.2) is 144 Å². The minimum Gasteiger partial charge on any atom is -0.311 e. The summed E-state index contributed by atoms with van der Waals surface area (Å²) >= 11 is 0. The molecule has 0 saturated carbocycles. The van der Waals surface area contributed by atoms with Crippen LogP contribution in [0.4, 0.5) is 17.1 Å². The molecule has 5 nitrogen and oxygen atoms in total. The summed E-state index contributed by atoms with van der Waals surface area (Å²) in [6.45, 7) is 0. The van der Waals surface area contributed by atoms with Gasteiger partial charge in [-0.25, -0.2) is 4.98 Å². The molecule has 0 saturated heterocycles. The van der Waals surface area contributed by atoms with Crippen molar-refractivity contribution in [3.05, 3.63) is 161 Å². The zero-order valence-electron chi connectivity index (χ0n) is 22.7. The first-order chi connectivity index (χ1) is 20.7. The molecule has 200 valence electrons. The SMILES string of the molecule is O=c1[nH]c(-c2cc(/C=C/c3ccc(N(c4ccccc4)c4ccccc4)cc3)ccn2)nc2cc3ccccc3cc12. The number of fused-ring (bicyclic) bond motifs is 2. The second-order valence-electron chi connectivity index (χ2n) is 10.0. The van der Waals surface area contributed by atoms with Gasteiger partial charge in [0.05, 0.1) is 10.9 Å². The first-order valence-electron chi connectivity index (χ1n) is 13.8. The van der Waals surface area contributed by atoms with E-state index < -0.39 is 0 Å². The van der Waals surface area contributed by atoms with E-state index in [2.05, 4.69) is 93.7 Å². The molecular formula is C37H26N4O. The van der Waals surface area contributed by atoms with Gasteiger partial charge in [-0.3, -0.25) is 9.78 Å². The van der Waals surface area contributed by atoms with Gasteiger partial charge in [0.15, 0.2) is 5.82 Å². The number of H-pyrrole nitrogens is 1. The first-order valence-corrected chi connectivity index (χ1v) is 13.8. The second-order valence-corrected chi connectivity index (χ2v) is 10.0. The van der Waals surface area contributed by atoms with Crippen LogP contribution >= 0.6 is 0 Å². The summed E-state index contributed by atoms with van der Waals surface area (Å²) in [6.07, 6.45) is 5.85. The quantitative estimate of drug-likeness (QED) is 0.213. The van der Waals surface area contributed by atoms with Crippen molar-refractivity contribution in [3.8, 4) is 11.5 Å². The molecule has 0 amide bonds. The predicted molar refractivity (Wildman–Crippen MR) is 173 cm³/mol. The molecule has 0 radical (unpaired) electrons. The first kappa shape index (κ1) is 25.2. The van der Waals surface area contributed by atoms with Crippen LogP contribution in [0.5, 0.6) is 0 Å². The number of pyridine rings is 1. The molecule has 5 aromatic carbocycles. The Morgan fingerprint density at radius 1 is 0.595 bits per heavy atom. The van der Waals surface area contributed by atoms with E-state index in [-0.39, 0.29) is 5.56 Å². The van der Waals surface area contributed by atoms with Crippen LogP contribution in [0.3, 0.4) is 0 Å². The molecule has 2 aromatic heterocycles. The topological polar surface area (TPSA) is 61.9 Å². The Kier molecular flexibility index (Phi) is 6.59. The van der Waals surface area contributed by atoms with Crippen LogP contribution in [-0.2, 0) is 0 Å². The average Bonchev–Trinajstić information content (AvgIpc) is 3.05. The molecule has 0 aliphatic heterocycles. The monoisotopic (exact) mass is 542 g/mol. The summed E-state index contributed by atoms with van der Waals surface area (Å²) in [6, 6.07) is 44.9. The minimum atomic E-state index is -0.177. The molecule has 7 aromatic rings. The van der Waals surface area contributed by atoms with Gasteiger partial charge in [-0.05, 0) is 82.6 Å². The summed E-state index contributed by atoms with van der Waals surface area (Å²) in [5.74, 6) is 0.448. The van der Waals surface area contributed by atoms with Gasteiger partial charge in [0.25, 0.3) is 5.56 Å². The van der Waals surface area contributed by atoms with E-state index in [1.807, 2.05) is 66.7 Å². The van der Waals surface area contributed by atoms with Crippen molar-refractivity contribution >= 4 is 50.9 Å². The third-order valence-electron chi connectivity index (χ3n) is 7.25. The molecule has 0 atom stereocenters. The van der Waals surface area contributed by atoms with Crippen LogP contribution < -0.4 is 10.5 Å². The van der Waals surface area contributed by atoms with Crippen molar-refractivity contribution < 1.29 is 0 Å². The highest BCUT2D eigenvalue weighted by Gasteiger charge is 2.12. The van der Waals surface area contributed by atoms with E-state index in [0.717, 1.165) is 39.0 Å². The van der Waals surface area contributed by atoms with Gasteiger partial charge < -0.3 is 9.88 Å². The Morgan fingerprint density at radius 3 is 1.88 bits per heavy atom. The number of benzene rings is 5. The Balaban J connectivity index is 1.16. The molecule has 5 heteroatoms. The largest absolute Gasteiger partial charge is 0.311 e. The lowest BCUT2D eigenvalue weighted by Crippen LogP contribution is -2.10. The lowest BCUT2D eigenvalue weighted by atomic mass is 10.1. The number of nitrogens with one attached hydrogen (secondary N) is 1. The van der Waals surface area contributed by atoms with Crippen LogP contribution in [0.25, 0.3) is 45.3 Å². The Labute approximate surface area is 243 Å². The van der Waals surface area contributed by atoms with Crippen molar-refractivity contribution in [2.24, 2.45) is 0 Å². The van der Waals surface area contributed by atoms with Crippen molar-refractivity contribution in [1.29, 1.82) is 0 Å². The molecule has 0 fully saturated rings. The molecule has 0 aliphatic rings. The second kappa shape index (κ2) is 11.0. The molecule has 7 rings (SSSR count). The number of anilines is 3. The van der Waals surface area contributed by atoms with E-state index in [0.29, 0.717) is 22.4 Å². The van der Waals surface area contributed by atoms with E-state index in [1.54, 1.807) is 6.20 Å². The van der Waals surface area contributed by atoms with Crippen molar-refractivity contribution in [1.82, 2.24) is 15.0 Å². The van der Waals surface area contributed by atoms with Gasteiger partial charge in [0, 0.05) is 23.3 Å². The number of hydrogen-bond donors (Lipinski definition) is 1. The Morgan fingerprint density at radius 2 is 1.19 bits per heavy atom. The Hall–Kier alpha value is -5.81. The van der Waals surface area contributed by atoms with Gasteiger partial charge in [-0.15, -0.1) is 0 Å². The number of nitrogens with zero attached hydrogens (tertiary/aromatic N) is 3. The van der Waals surface area contributed by atoms with Crippen LogP contribution in [-0.4, -0.2) is 15.0 Å². The third kappa shape index (κ3) is 5.07. The number of rotatable bonds is 6. The number of hydrogen-bond acceptors (Lipinski definition) is 4. The van der Waals surface area contributed by atoms with Crippen LogP contribution in [0.1, 0.15) is 11.1 Å². The molecule has 2 heterocycles. The predicted octanol–water partition coefficient (Wildman–Crippen LogP) is 8.78. The summed E-state index contributed by atoms with van der Waals surface area (Å²) in [5.41, 5.74) is 6.40. The summed E-state index contributed by atoms with van der Waals surface area (Å²) < 4.78 is 0. The third-order valence-corrected chi connectivity index (χ3v) is 7.25. The van der Waals surface area contributed by atoms with Gasteiger partial charge in [-0.2, -0.15) is 0 Å². The highest BCUT2D eigenvalue weighted by molar-refractivity contribution is 5.96. The van der Waals surface area contributed by atoms with Gasteiger partial charge in [0.2, 0.25) is 0 Å². The van der Waals surface area contributed by atoms with Gasteiger partial charge >= 0.3 is 0 Å². The lowest BCUT2D eigenvalue weighted by molar-refractivity contribution is 1.14. The fourth-order valence-electron chi connectivity index (χ4n) is 5.16. The highest BCUT2D eigenvalue weighted by Crippen LogP contribution is 2.34. The summed E-state index contributed by atoms with van der Waals surface area (Å²) in [5, 5.41) is 2.62. The van der Waals surface area contributed by atoms with E-state index in [1.165, 1.54) is 0 Å². The highest BCUT2D eigenvalue weighted by atomic mass is 16.1. The van der Waals surface area contributed by atoms with E-state index in [4.69, 9.17) is 4.98 Å². The van der Waals surface area contributed by atoms with Crippen LogP contribution in [0, 0.1) is 0 Å². The van der Waals surface area contributed by atoms with Crippen LogP contribution in [0.2, 0.25) is 0 Å². The fraction of sp³-hybridized carbons (Fsp3) is 0. The maximum Gasteiger partial charge on any atom is 0.259 e. The van der Waals surface area contributed by atoms with Crippen molar-refractivity contribution in [3.63, 3.8) is 0 Å². The standard InChI is InChI=1S/C37H26N4O/c42-37-33-24-28-9-7-8-10-29(28)25-34(33)39-36(40-37)35-23-27(21-22-38-35)16-15-26-17-19-32(20-18-26)41(30-11-3-1-4-12-30)31-13-5-2-6-14-31/h1-25H,(H,39,40,42)/b16-15+. The fourth-order valence-corrected chi connectivity index (χ4v) is 5.16. The maximum atomic E-state index is 12.9. The Bertz CT molecular complexity index is 2060. The molecule has 42 heavy (non-hydrogen) atoms.